The standard InChI is InChI=1S/C18H28F3N5S.HI/c1-6-8-26(9-7-2)14(13(3)4)10-23-17(22-5)24-11-16-25-15(12-27-16)18(19,20)21;/h6-7,12-14H,1-2,8-11H2,3-5H3,(H2,22,23,24);1H. The summed E-state index contributed by atoms with van der Waals surface area (Å²) in [6.07, 6.45) is -0.710. The van der Waals surface area contributed by atoms with Crippen LogP contribution < -0.4 is 10.6 Å². The van der Waals surface area contributed by atoms with Gasteiger partial charge in [0.25, 0.3) is 0 Å². The number of aliphatic imine (C=N–C) groups is 1. The van der Waals surface area contributed by atoms with Gasteiger partial charge in [-0.1, -0.05) is 26.0 Å². The molecular weight excluding hydrogens is 502 g/mol. The second-order valence-electron chi connectivity index (χ2n) is 6.27. The van der Waals surface area contributed by atoms with Crippen molar-refractivity contribution in [3.63, 3.8) is 0 Å². The van der Waals surface area contributed by atoms with Gasteiger partial charge >= 0.3 is 6.18 Å². The molecule has 0 aliphatic heterocycles. The van der Waals surface area contributed by atoms with Crippen molar-refractivity contribution in [3.05, 3.63) is 41.4 Å². The molecule has 1 atom stereocenters. The largest absolute Gasteiger partial charge is 0.434 e. The van der Waals surface area contributed by atoms with Gasteiger partial charge in [0.15, 0.2) is 11.7 Å². The molecule has 1 unspecified atom stereocenters. The Morgan fingerprint density at radius 1 is 1.29 bits per heavy atom. The van der Waals surface area contributed by atoms with Gasteiger partial charge in [0.1, 0.15) is 5.01 Å². The lowest BCUT2D eigenvalue weighted by Gasteiger charge is -2.33. The third-order valence-electron chi connectivity index (χ3n) is 3.92. The number of hydrogen-bond acceptors (Lipinski definition) is 4. The molecule has 1 rings (SSSR count). The lowest BCUT2D eigenvalue weighted by Crippen LogP contribution is -2.49. The molecule has 160 valence electrons. The van der Waals surface area contributed by atoms with E-state index in [9.17, 15) is 13.2 Å². The number of halogens is 4. The molecule has 2 N–H and O–H groups in total. The summed E-state index contributed by atoms with van der Waals surface area (Å²) in [7, 11) is 1.62. The molecule has 0 amide bonds. The van der Waals surface area contributed by atoms with Crippen molar-refractivity contribution in [1.29, 1.82) is 0 Å². The maximum atomic E-state index is 12.6. The number of hydrogen-bond donors (Lipinski definition) is 2. The van der Waals surface area contributed by atoms with Crippen LogP contribution in [0.1, 0.15) is 24.5 Å². The van der Waals surface area contributed by atoms with Crippen LogP contribution in [-0.2, 0) is 12.7 Å². The molecule has 1 heterocycles. The van der Waals surface area contributed by atoms with Crippen molar-refractivity contribution in [1.82, 2.24) is 20.5 Å². The fraction of sp³-hybridized carbons (Fsp3) is 0.556. The number of thiazole rings is 1. The van der Waals surface area contributed by atoms with E-state index in [4.69, 9.17) is 0 Å². The van der Waals surface area contributed by atoms with Gasteiger partial charge < -0.3 is 10.6 Å². The lowest BCUT2D eigenvalue weighted by molar-refractivity contribution is -0.140. The number of rotatable bonds is 10. The first-order valence-electron chi connectivity index (χ1n) is 8.64. The Bertz CT molecular complexity index is 621. The van der Waals surface area contributed by atoms with Crippen LogP contribution in [0.25, 0.3) is 0 Å². The minimum absolute atomic E-state index is 0. The van der Waals surface area contributed by atoms with Crippen LogP contribution in [-0.4, -0.2) is 48.6 Å². The highest BCUT2D eigenvalue weighted by atomic mass is 127. The van der Waals surface area contributed by atoms with Crippen LogP contribution in [0.5, 0.6) is 0 Å². The average molecular weight is 531 g/mol. The highest BCUT2D eigenvalue weighted by Gasteiger charge is 2.33. The topological polar surface area (TPSA) is 52.5 Å². The van der Waals surface area contributed by atoms with Crippen molar-refractivity contribution in [2.75, 3.05) is 26.7 Å². The minimum atomic E-state index is -4.42. The number of guanidine groups is 1. The zero-order chi connectivity index (χ0) is 20.4. The van der Waals surface area contributed by atoms with Gasteiger partial charge in [-0.3, -0.25) is 9.89 Å². The van der Waals surface area contributed by atoms with Crippen LogP contribution in [0.2, 0.25) is 0 Å². The Balaban J connectivity index is 0.00000729. The summed E-state index contributed by atoms with van der Waals surface area (Å²) in [6.45, 7) is 14.2. The second kappa shape index (κ2) is 13.2. The fourth-order valence-corrected chi connectivity index (χ4v) is 3.31. The van der Waals surface area contributed by atoms with Crippen LogP contribution in [0.3, 0.4) is 0 Å². The predicted molar refractivity (Wildman–Crippen MR) is 121 cm³/mol. The van der Waals surface area contributed by atoms with E-state index in [0.717, 1.165) is 29.8 Å². The van der Waals surface area contributed by atoms with Crippen molar-refractivity contribution < 1.29 is 13.2 Å². The Morgan fingerprint density at radius 2 is 1.89 bits per heavy atom. The quantitative estimate of drug-likeness (QED) is 0.206. The fourth-order valence-electron chi connectivity index (χ4n) is 2.57. The molecule has 0 aliphatic carbocycles. The van der Waals surface area contributed by atoms with E-state index in [2.05, 4.69) is 52.5 Å². The van der Waals surface area contributed by atoms with Gasteiger partial charge in [-0.25, -0.2) is 4.98 Å². The van der Waals surface area contributed by atoms with Crippen LogP contribution in [0, 0.1) is 5.92 Å². The van der Waals surface area contributed by atoms with E-state index in [0.29, 0.717) is 23.4 Å². The summed E-state index contributed by atoms with van der Waals surface area (Å²) >= 11 is 0.969. The first-order valence-corrected chi connectivity index (χ1v) is 9.52. The van der Waals surface area contributed by atoms with Gasteiger partial charge in [0.05, 0.1) is 6.54 Å². The first-order chi connectivity index (χ1) is 12.7. The van der Waals surface area contributed by atoms with Gasteiger partial charge in [0.2, 0.25) is 0 Å². The molecule has 0 saturated heterocycles. The van der Waals surface area contributed by atoms with E-state index in [-0.39, 0.29) is 36.6 Å². The van der Waals surface area contributed by atoms with Gasteiger partial charge in [0, 0.05) is 38.1 Å². The third kappa shape index (κ3) is 8.91. The van der Waals surface area contributed by atoms with Crippen LogP contribution in [0.15, 0.2) is 35.7 Å². The zero-order valence-electron chi connectivity index (χ0n) is 16.4. The Labute approximate surface area is 186 Å². The molecular formula is C18H29F3IN5S. The van der Waals surface area contributed by atoms with Crippen LogP contribution in [0.4, 0.5) is 13.2 Å². The monoisotopic (exact) mass is 531 g/mol. The molecule has 0 spiro atoms. The maximum Gasteiger partial charge on any atom is 0.434 e. The van der Waals surface area contributed by atoms with Gasteiger partial charge in [-0.15, -0.1) is 48.5 Å². The minimum Gasteiger partial charge on any atom is -0.355 e. The summed E-state index contributed by atoms with van der Waals surface area (Å²) in [6, 6.07) is 0.219. The summed E-state index contributed by atoms with van der Waals surface area (Å²) in [5.41, 5.74) is -0.864. The number of aromatic nitrogens is 1. The van der Waals surface area contributed by atoms with Crippen molar-refractivity contribution in [2.45, 2.75) is 32.6 Å². The normalized spacial score (nSPS) is 13.2. The maximum absolute atomic E-state index is 12.6. The molecule has 1 aromatic heterocycles. The average Bonchev–Trinajstić information content (AvgIpc) is 3.07. The van der Waals surface area contributed by atoms with Gasteiger partial charge in [-0.2, -0.15) is 13.2 Å². The Kier molecular flexibility index (Phi) is 12.6. The molecule has 0 aliphatic rings. The highest BCUT2D eigenvalue weighted by molar-refractivity contribution is 14.0. The second-order valence-corrected chi connectivity index (χ2v) is 7.22. The van der Waals surface area contributed by atoms with Crippen molar-refractivity contribution in [3.8, 4) is 0 Å². The molecule has 28 heavy (non-hydrogen) atoms. The van der Waals surface area contributed by atoms with Crippen molar-refractivity contribution >= 4 is 41.3 Å². The summed E-state index contributed by atoms with van der Waals surface area (Å²) < 4.78 is 37.9. The SMILES string of the molecule is C=CCN(CC=C)C(CNC(=NC)NCc1nc(C(F)(F)F)cs1)C(C)C.I. The molecule has 0 radical (unpaired) electrons. The van der Waals surface area contributed by atoms with Crippen molar-refractivity contribution in [2.24, 2.45) is 10.9 Å². The number of nitrogens with one attached hydrogen (secondary N) is 2. The highest BCUT2D eigenvalue weighted by Crippen LogP contribution is 2.29. The van der Waals surface area contributed by atoms with E-state index in [1.54, 1.807) is 7.05 Å². The van der Waals surface area contributed by atoms with E-state index < -0.39 is 11.9 Å². The molecule has 0 saturated carbocycles. The van der Waals surface area contributed by atoms with E-state index in [1.165, 1.54) is 0 Å². The Hall–Kier alpha value is -1.14. The van der Waals surface area contributed by atoms with Crippen LogP contribution >= 0.6 is 35.3 Å². The lowest BCUT2D eigenvalue weighted by atomic mass is 10.0. The summed E-state index contributed by atoms with van der Waals surface area (Å²) in [5.74, 6) is 0.894. The number of alkyl halides is 3. The van der Waals surface area contributed by atoms with Gasteiger partial charge in [-0.05, 0) is 5.92 Å². The predicted octanol–water partition coefficient (Wildman–Crippen LogP) is 4.14. The molecule has 10 heteroatoms. The molecule has 0 bridgehead atoms. The molecule has 1 aromatic rings. The molecule has 0 aromatic carbocycles. The summed E-state index contributed by atoms with van der Waals surface area (Å²) in [4.78, 5) is 9.99. The number of nitrogens with zero attached hydrogens (tertiary/aromatic N) is 3. The molecule has 0 fully saturated rings. The molecule has 5 nitrogen and oxygen atoms in total. The Morgan fingerprint density at radius 3 is 2.32 bits per heavy atom. The zero-order valence-corrected chi connectivity index (χ0v) is 19.6. The van der Waals surface area contributed by atoms with E-state index >= 15 is 0 Å². The van der Waals surface area contributed by atoms with E-state index in [1.807, 2.05) is 12.2 Å². The third-order valence-corrected chi connectivity index (χ3v) is 4.77. The summed E-state index contributed by atoms with van der Waals surface area (Å²) in [5, 5.41) is 7.62. The first kappa shape index (κ1) is 26.9. The smallest absolute Gasteiger partial charge is 0.355 e.